The molecule has 3 rings (SSSR count). The Balaban J connectivity index is 1.82. The van der Waals surface area contributed by atoms with Crippen LogP contribution in [0.1, 0.15) is 26.7 Å². The summed E-state index contributed by atoms with van der Waals surface area (Å²) in [7, 11) is 0. The highest BCUT2D eigenvalue weighted by Crippen LogP contribution is 2.61. The minimum absolute atomic E-state index is 0.798. The normalized spacial score (nSPS) is 53.7. The highest BCUT2D eigenvalue weighted by atomic mass is 15.2. The molecule has 3 aliphatic rings. The van der Waals surface area contributed by atoms with Gasteiger partial charge in [-0.3, -0.25) is 4.90 Å². The van der Waals surface area contributed by atoms with Crippen molar-refractivity contribution in [1.29, 1.82) is 0 Å². The molecule has 1 aliphatic heterocycles. The summed E-state index contributed by atoms with van der Waals surface area (Å²) in [6, 6.07) is 1.80. The lowest BCUT2D eigenvalue weighted by Gasteiger charge is -2.30. The van der Waals surface area contributed by atoms with Crippen LogP contribution in [0.25, 0.3) is 0 Å². The smallest absolute Gasteiger partial charge is 0.0132 e. The summed E-state index contributed by atoms with van der Waals surface area (Å²) < 4.78 is 0. The van der Waals surface area contributed by atoms with Crippen LogP contribution in [0.2, 0.25) is 0 Å². The zero-order valence-corrected chi connectivity index (χ0v) is 7.46. The molecule has 0 aromatic heterocycles. The standard InChI is InChI=1S/C10H17N/c1-6(2)11-5-7-3-10(11)9-4-8(7)9/h6-10H,3-5H2,1-2H3. The third-order valence-corrected chi connectivity index (χ3v) is 4.07. The van der Waals surface area contributed by atoms with Crippen LogP contribution in [0.5, 0.6) is 0 Å². The Kier molecular flexibility index (Phi) is 1.07. The van der Waals surface area contributed by atoms with Crippen molar-refractivity contribution in [3.63, 3.8) is 0 Å². The molecule has 0 aromatic carbocycles. The van der Waals surface area contributed by atoms with E-state index in [1.54, 1.807) is 6.42 Å². The first-order chi connectivity index (χ1) is 5.27. The molecule has 2 saturated carbocycles. The summed E-state index contributed by atoms with van der Waals surface area (Å²) >= 11 is 0. The first kappa shape index (κ1) is 6.47. The first-order valence-electron chi connectivity index (χ1n) is 5.03. The average Bonchev–Trinajstić information content (AvgIpc) is 2.57. The van der Waals surface area contributed by atoms with Gasteiger partial charge in [-0.2, -0.15) is 0 Å². The van der Waals surface area contributed by atoms with Crippen LogP contribution in [0.15, 0.2) is 0 Å². The van der Waals surface area contributed by atoms with Gasteiger partial charge >= 0.3 is 0 Å². The largest absolute Gasteiger partial charge is 0.297 e. The third-order valence-electron chi connectivity index (χ3n) is 4.07. The minimum atomic E-state index is 0.798. The molecule has 0 radical (unpaired) electrons. The highest BCUT2D eigenvalue weighted by molar-refractivity contribution is 5.12. The second-order valence-corrected chi connectivity index (χ2v) is 4.92. The lowest BCUT2D eigenvalue weighted by Crippen LogP contribution is -2.39. The van der Waals surface area contributed by atoms with E-state index in [2.05, 4.69) is 18.7 Å². The molecular formula is C10H17N. The number of nitrogens with zero attached hydrogens (tertiary/aromatic N) is 1. The van der Waals surface area contributed by atoms with Crippen molar-refractivity contribution in [2.45, 2.75) is 38.8 Å². The fraction of sp³-hybridized carbons (Fsp3) is 1.00. The summed E-state index contributed by atoms with van der Waals surface area (Å²) in [5.74, 6) is 3.42. The van der Waals surface area contributed by atoms with Crippen molar-refractivity contribution in [2.24, 2.45) is 17.8 Å². The van der Waals surface area contributed by atoms with E-state index >= 15 is 0 Å². The number of rotatable bonds is 1. The van der Waals surface area contributed by atoms with Gasteiger partial charge in [0.1, 0.15) is 0 Å². The Morgan fingerprint density at radius 2 is 2.00 bits per heavy atom. The molecule has 0 N–H and O–H groups in total. The van der Waals surface area contributed by atoms with E-state index in [4.69, 9.17) is 0 Å². The van der Waals surface area contributed by atoms with Crippen molar-refractivity contribution in [1.82, 2.24) is 4.90 Å². The second kappa shape index (κ2) is 1.82. The predicted octanol–water partition coefficient (Wildman–Crippen LogP) is 1.74. The second-order valence-electron chi connectivity index (χ2n) is 4.92. The Morgan fingerprint density at radius 3 is 2.55 bits per heavy atom. The average molecular weight is 151 g/mol. The summed E-state index contributed by atoms with van der Waals surface area (Å²) in [6.07, 6.45) is 3.10. The van der Waals surface area contributed by atoms with Gasteiger partial charge in [0.15, 0.2) is 0 Å². The maximum Gasteiger partial charge on any atom is 0.0132 e. The molecule has 0 spiro atoms. The van der Waals surface area contributed by atoms with Crippen LogP contribution in [0.4, 0.5) is 0 Å². The van der Waals surface area contributed by atoms with Crippen LogP contribution in [-0.2, 0) is 0 Å². The van der Waals surface area contributed by atoms with Crippen molar-refractivity contribution in [3.8, 4) is 0 Å². The lowest BCUT2D eigenvalue weighted by atomic mass is 10.1. The summed E-state index contributed by atoms with van der Waals surface area (Å²) in [4.78, 5) is 2.73. The molecule has 3 fully saturated rings. The van der Waals surface area contributed by atoms with E-state index in [0.717, 1.165) is 23.9 Å². The molecule has 62 valence electrons. The van der Waals surface area contributed by atoms with Crippen molar-refractivity contribution in [3.05, 3.63) is 0 Å². The molecule has 4 unspecified atom stereocenters. The maximum absolute atomic E-state index is 2.73. The van der Waals surface area contributed by atoms with Crippen molar-refractivity contribution in [2.75, 3.05) is 6.54 Å². The molecular weight excluding hydrogens is 134 g/mol. The van der Waals surface area contributed by atoms with E-state index < -0.39 is 0 Å². The third kappa shape index (κ3) is 0.703. The van der Waals surface area contributed by atoms with Crippen LogP contribution in [-0.4, -0.2) is 23.5 Å². The number of piperidine rings is 1. The summed E-state index contributed by atoms with van der Waals surface area (Å²) in [5.41, 5.74) is 0. The first-order valence-corrected chi connectivity index (χ1v) is 5.03. The number of hydrogen-bond donors (Lipinski definition) is 0. The molecule has 4 atom stereocenters. The van der Waals surface area contributed by atoms with Gasteiger partial charge in [-0.1, -0.05) is 0 Å². The maximum atomic E-state index is 2.73. The topological polar surface area (TPSA) is 3.24 Å². The minimum Gasteiger partial charge on any atom is -0.297 e. The van der Waals surface area contributed by atoms with E-state index in [-0.39, 0.29) is 0 Å². The molecule has 1 heterocycles. The molecule has 1 heteroatoms. The molecule has 2 aliphatic carbocycles. The molecule has 0 aromatic rings. The van der Waals surface area contributed by atoms with Gasteiger partial charge in [-0.25, -0.2) is 0 Å². The van der Waals surface area contributed by atoms with Crippen molar-refractivity contribution < 1.29 is 0 Å². The Hall–Kier alpha value is -0.0400. The molecule has 2 bridgehead atoms. The van der Waals surface area contributed by atoms with E-state index in [1.165, 1.54) is 18.9 Å². The Labute approximate surface area is 68.8 Å². The van der Waals surface area contributed by atoms with Crippen LogP contribution >= 0.6 is 0 Å². The quantitative estimate of drug-likeness (QED) is 0.551. The molecule has 11 heavy (non-hydrogen) atoms. The zero-order valence-electron chi connectivity index (χ0n) is 7.46. The SMILES string of the molecule is CC(C)N1CC2CC1C1CC21. The van der Waals surface area contributed by atoms with Gasteiger partial charge < -0.3 is 0 Å². The van der Waals surface area contributed by atoms with Gasteiger partial charge in [0.05, 0.1) is 0 Å². The zero-order chi connectivity index (χ0) is 7.59. The van der Waals surface area contributed by atoms with Gasteiger partial charge in [-0.15, -0.1) is 0 Å². The van der Waals surface area contributed by atoms with E-state index in [9.17, 15) is 0 Å². The number of likely N-dealkylation sites (tertiary alicyclic amines) is 1. The van der Waals surface area contributed by atoms with Gasteiger partial charge in [0, 0.05) is 18.6 Å². The van der Waals surface area contributed by atoms with Crippen LogP contribution < -0.4 is 0 Å². The van der Waals surface area contributed by atoms with Crippen LogP contribution in [0, 0.1) is 17.8 Å². The van der Waals surface area contributed by atoms with E-state index in [1.807, 2.05) is 0 Å². The molecule has 1 saturated heterocycles. The molecule has 0 amide bonds. The van der Waals surface area contributed by atoms with Crippen LogP contribution in [0.3, 0.4) is 0 Å². The Morgan fingerprint density at radius 1 is 1.18 bits per heavy atom. The monoisotopic (exact) mass is 151 g/mol. The van der Waals surface area contributed by atoms with Gasteiger partial charge in [0.25, 0.3) is 0 Å². The number of fused-ring (bicyclic) bond motifs is 5. The highest BCUT2D eigenvalue weighted by Gasteiger charge is 2.60. The number of hydrogen-bond acceptors (Lipinski definition) is 1. The fourth-order valence-corrected chi connectivity index (χ4v) is 3.47. The fourth-order valence-electron chi connectivity index (χ4n) is 3.47. The van der Waals surface area contributed by atoms with Gasteiger partial charge in [0.2, 0.25) is 0 Å². The van der Waals surface area contributed by atoms with E-state index in [0.29, 0.717) is 0 Å². The predicted molar refractivity (Wildman–Crippen MR) is 45.3 cm³/mol. The molecule has 1 nitrogen and oxygen atoms in total. The summed E-state index contributed by atoms with van der Waals surface area (Å²) in [6.45, 7) is 6.11. The lowest BCUT2D eigenvalue weighted by molar-refractivity contribution is 0.161. The van der Waals surface area contributed by atoms with Gasteiger partial charge in [-0.05, 0) is 44.4 Å². The van der Waals surface area contributed by atoms with Crippen molar-refractivity contribution >= 4 is 0 Å². The summed E-state index contributed by atoms with van der Waals surface area (Å²) in [5, 5.41) is 0. The Bertz CT molecular complexity index is 187.